The van der Waals surface area contributed by atoms with Gasteiger partial charge in [-0.25, -0.2) is 4.39 Å². The van der Waals surface area contributed by atoms with E-state index in [2.05, 4.69) is 10.5 Å². The Hall–Kier alpha value is -2.36. The van der Waals surface area contributed by atoms with Crippen molar-refractivity contribution >= 4 is 34.8 Å². The first-order valence-corrected chi connectivity index (χ1v) is 11.9. The Kier molecular flexibility index (Phi) is 4.99. The number of fused-ring (bicyclic) bond motifs is 2. The summed E-state index contributed by atoms with van der Waals surface area (Å²) >= 11 is 11.5. The monoisotopic (exact) mass is 527 g/mol. The van der Waals surface area contributed by atoms with E-state index in [0.29, 0.717) is 25.2 Å². The van der Waals surface area contributed by atoms with Crippen LogP contribution in [-0.2, 0) is 27.3 Å². The van der Waals surface area contributed by atoms with E-state index in [1.54, 1.807) is 6.07 Å². The zero-order chi connectivity index (χ0) is 24.8. The Morgan fingerprint density at radius 2 is 1.83 bits per heavy atom. The zero-order valence-corrected chi connectivity index (χ0v) is 19.7. The van der Waals surface area contributed by atoms with Crippen molar-refractivity contribution in [3.05, 3.63) is 68.4 Å². The number of rotatable bonds is 3. The van der Waals surface area contributed by atoms with Crippen LogP contribution in [0.2, 0.25) is 10.0 Å². The average molecular weight is 528 g/mol. The van der Waals surface area contributed by atoms with Gasteiger partial charge in [0, 0.05) is 37.5 Å². The highest BCUT2D eigenvalue weighted by atomic mass is 35.5. The largest absolute Gasteiger partial charge is 0.435 e. The molecule has 4 aliphatic rings. The molecule has 1 spiro atoms. The Labute approximate surface area is 208 Å². The lowest BCUT2D eigenvalue weighted by atomic mass is 9.81. The SMILES string of the molecule is O=C(C1CC1)N1CC2(C1)NCc1cc(C3=NOC(c4cc(Cl)c(F)c(Cl)c4)(C(F)(F)F)C3)ccc12. The van der Waals surface area contributed by atoms with Crippen molar-refractivity contribution in [1.82, 2.24) is 10.2 Å². The van der Waals surface area contributed by atoms with Gasteiger partial charge in [-0.15, -0.1) is 0 Å². The second-order valence-electron chi connectivity index (χ2n) is 9.66. The lowest BCUT2D eigenvalue weighted by Crippen LogP contribution is -2.66. The molecular formula is C24H19Cl2F4N3O2. The molecule has 1 saturated heterocycles. The molecule has 1 unspecified atom stereocenters. The second-order valence-corrected chi connectivity index (χ2v) is 10.5. The molecule has 1 amide bonds. The van der Waals surface area contributed by atoms with Crippen molar-refractivity contribution in [3.8, 4) is 0 Å². The molecule has 5 nitrogen and oxygen atoms in total. The summed E-state index contributed by atoms with van der Waals surface area (Å²) in [6.07, 6.45) is -3.57. The lowest BCUT2D eigenvalue weighted by molar-refractivity contribution is -0.275. The maximum atomic E-state index is 14.3. The fourth-order valence-corrected chi connectivity index (χ4v) is 5.71. The summed E-state index contributed by atoms with van der Waals surface area (Å²) in [6.45, 7) is 1.71. The van der Waals surface area contributed by atoms with Crippen LogP contribution in [0.5, 0.6) is 0 Å². The molecule has 6 rings (SSSR count). The van der Waals surface area contributed by atoms with Crippen LogP contribution in [0.15, 0.2) is 35.5 Å². The minimum Gasteiger partial charge on any atom is -0.374 e. The van der Waals surface area contributed by atoms with Crippen LogP contribution in [0, 0.1) is 11.7 Å². The zero-order valence-electron chi connectivity index (χ0n) is 18.2. The van der Waals surface area contributed by atoms with Crippen LogP contribution in [0.3, 0.4) is 0 Å². The number of hydrogen-bond acceptors (Lipinski definition) is 4. The molecule has 1 atom stereocenters. The first kappa shape index (κ1) is 23.1. The summed E-state index contributed by atoms with van der Waals surface area (Å²) in [6, 6.07) is 7.15. The summed E-state index contributed by atoms with van der Waals surface area (Å²) < 4.78 is 56.7. The predicted octanol–water partition coefficient (Wildman–Crippen LogP) is 5.27. The number of amides is 1. The molecule has 1 N–H and O–H groups in total. The van der Waals surface area contributed by atoms with Gasteiger partial charge >= 0.3 is 6.18 Å². The van der Waals surface area contributed by atoms with Crippen LogP contribution in [-0.4, -0.2) is 35.8 Å². The van der Waals surface area contributed by atoms with Gasteiger partial charge in [0.05, 0.1) is 21.3 Å². The first-order chi connectivity index (χ1) is 16.5. The Balaban J connectivity index is 1.26. The summed E-state index contributed by atoms with van der Waals surface area (Å²) in [5, 5.41) is 6.19. The van der Waals surface area contributed by atoms with Crippen LogP contribution in [0.4, 0.5) is 17.6 Å². The van der Waals surface area contributed by atoms with E-state index in [0.717, 1.165) is 36.1 Å². The second kappa shape index (κ2) is 7.57. The predicted molar refractivity (Wildman–Crippen MR) is 121 cm³/mol. The highest BCUT2D eigenvalue weighted by Crippen LogP contribution is 2.50. The molecule has 184 valence electrons. The Morgan fingerprint density at radius 1 is 1.14 bits per heavy atom. The van der Waals surface area contributed by atoms with Crippen LogP contribution in [0.25, 0.3) is 0 Å². The number of nitrogens with zero attached hydrogens (tertiary/aromatic N) is 2. The van der Waals surface area contributed by atoms with Crippen LogP contribution < -0.4 is 5.32 Å². The molecule has 3 aliphatic heterocycles. The smallest absolute Gasteiger partial charge is 0.374 e. The van der Waals surface area contributed by atoms with Gasteiger partial charge in [-0.05, 0) is 47.7 Å². The highest BCUT2D eigenvalue weighted by molar-refractivity contribution is 6.35. The van der Waals surface area contributed by atoms with Crippen LogP contribution >= 0.6 is 23.2 Å². The van der Waals surface area contributed by atoms with Gasteiger partial charge in [-0.3, -0.25) is 4.79 Å². The number of oxime groups is 1. The van der Waals surface area contributed by atoms with Gasteiger partial charge in [0.15, 0.2) is 5.82 Å². The number of likely N-dealkylation sites (tertiary alicyclic amines) is 1. The van der Waals surface area contributed by atoms with Gasteiger partial charge in [0.1, 0.15) is 0 Å². The van der Waals surface area contributed by atoms with Crippen molar-refractivity contribution in [3.63, 3.8) is 0 Å². The quantitative estimate of drug-likeness (QED) is 0.437. The third-order valence-electron chi connectivity index (χ3n) is 7.37. The molecular weight excluding hydrogens is 509 g/mol. The molecule has 0 bridgehead atoms. The number of nitrogens with one attached hydrogen (secondary N) is 1. The first-order valence-electron chi connectivity index (χ1n) is 11.2. The maximum absolute atomic E-state index is 14.3. The summed E-state index contributed by atoms with van der Waals surface area (Å²) in [4.78, 5) is 19.2. The fourth-order valence-electron chi connectivity index (χ4n) is 5.22. The Bertz CT molecular complexity index is 1270. The van der Waals surface area contributed by atoms with Gasteiger partial charge in [0.2, 0.25) is 5.91 Å². The number of carbonyl (C=O) groups is 1. The Morgan fingerprint density at radius 3 is 2.46 bits per heavy atom. The molecule has 0 radical (unpaired) electrons. The minimum atomic E-state index is -4.87. The molecule has 35 heavy (non-hydrogen) atoms. The van der Waals surface area contributed by atoms with E-state index in [-0.39, 0.29) is 23.1 Å². The van der Waals surface area contributed by atoms with Crippen molar-refractivity contribution in [2.24, 2.45) is 11.1 Å². The molecule has 3 heterocycles. The van der Waals surface area contributed by atoms with E-state index in [1.807, 2.05) is 17.0 Å². The van der Waals surface area contributed by atoms with Gasteiger partial charge < -0.3 is 15.1 Å². The van der Waals surface area contributed by atoms with E-state index in [9.17, 15) is 22.4 Å². The summed E-state index contributed by atoms with van der Waals surface area (Å²) in [7, 11) is 0. The third-order valence-corrected chi connectivity index (χ3v) is 7.92. The molecule has 11 heteroatoms. The molecule has 1 aliphatic carbocycles. The normalized spacial score (nSPS) is 24.7. The fraction of sp³-hybridized carbons (Fsp3) is 0.417. The molecule has 2 aromatic rings. The minimum absolute atomic E-state index is 0.113. The molecule has 2 fully saturated rings. The number of alkyl halides is 3. The summed E-state index contributed by atoms with van der Waals surface area (Å²) in [5.74, 6) is -0.637. The number of benzene rings is 2. The number of hydrogen-bond donors (Lipinski definition) is 1. The standard InChI is InChI=1S/C24H19Cl2F4N3O2/c25-17-6-15(7-18(26)20(17)27)23(24(28,29)30)8-19(32-35-23)13-3-4-16-14(5-13)9-31-22(16)10-33(11-22)21(34)12-1-2-12/h3-7,12,31H,1-2,8-11H2. The highest BCUT2D eigenvalue weighted by Gasteiger charge is 2.62. The van der Waals surface area contributed by atoms with Gasteiger partial charge in [-0.1, -0.05) is 40.5 Å². The average Bonchev–Trinajstić information content (AvgIpc) is 3.40. The molecule has 2 aromatic carbocycles. The summed E-state index contributed by atoms with van der Waals surface area (Å²) in [5.41, 5.74) is -0.971. The topological polar surface area (TPSA) is 53.9 Å². The third kappa shape index (κ3) is 3.46. The van der Waals surface area contributed by atoms with E-state index in [1.165, 1.54) is 0 Å². The maximum Gasteiger partial charge on any atom is 0.435 e. The van der Waals surface area contributed by atoms with Crippen molar-refractivity contribution in [2.75, 3.05) is 13.1 Å². The molecule has 1 saturated carbocycles. The molecule has 0 aromatic heterocycles. The van der Waals surface area contributed by atoms with Crippen molar-refractivity contribution in [1.29, 1.82) is 0 Å². The van der Waals surface area contributed by atoms with Crippen molar-refractivity contribution in [2.45, 2.75) is 43.1 Å². The van der Waals surface area contributed by atoms with E-state index < -0.39 is 39.6 Å². The lowest BCUT2D eigenvalue weighted by Gasteiger charge is -2.49. The van der Waals surface area contributed by atoms with Gasteiger partial charge in [-0.2, -0.15) is 13.2 Å². The van der Waals surface area contributed by atoms with E-state index >= 15 is 0 Å². The number of carbonyl (C=O) groups excluding carboxylic acids is 1. The van der Waals surface area contributed by atoms with Crippen molar-refractivity contribution < 1.29 is 27.2 Å². The van der Waals surface area contributed by atoms with Gasteiger partial charge in [0.25, 0.3) is 5.60 Å². The van der Waals surface area contributed by atoms with E-state index in [4.69, 9.17) is 28.0 Å². The van der Waals surface area contributed by atoms with Crippen LogP contribution in [0.1, 0.15) is 41.5 Å². The number of halogens is 6.